The third kappa shape index (κ3) is 5.37. The van der Waals surface area contributed by atoms with Crippen LogP contribution in [0, 0.1) is 0 Å². The molecule has 0 saturated carbocycles. The van der Waals surface area contributed by atoms with Gasteiger partial charge >= 0.3 is 0 Å². The summed E-state index contributed by atoms with van der Waals surface area (Å²) in [6.45, 7) is 8.71. The van der Waals surface area contributed by atoms with Gasteiger partial charge in [-0.1, -0.05) is 54.6 Å². The van der Waals surface area contributed by atoms with Gasteiger partial charge in [-0.3, -0.25) is 9.69 Å². The summed E-state index contributed by atoms with van der Waals surface area (Å²) in [4.78, 5) is 16.6. The number of rotatable bonds is 7. The quantitative estimate of drug-likeness (QED) is 0.702. The average Bonchev–Trinajstić information content (AvgIpc) is 2.77. The molecule has 30 heavy (non-hydrogen) atoms. The van der Waals surface area contributed by atoms with Crippen molar-refractivity contribution in [2.24, 2.45) is 0 Å². The molecule has 2 heterocycles. The molecule has 1 spiro atoms. The minimum atomic E-state index is 0.166. The molecule has 2 aromatic rings. The van der Waals surface area contributed by atoms with Crippen molar-refractivity contribution in [3.05, 3.63) is 71.3 Å². The molecule has 0 radical (unpaired) electrons. The molecule has 2 saturated heterocycles. The smallest absolute Gasteiger partial charge is 0.134 e. The summed E-state index contributed by atoms with van der Waals surface area (Å²) < 4.78 is 5.96. The zero-order valence-corrected chi connectivity index (χ0v) is 18.2. The Kier molecular flexibility index (Phi) is 6.98. The van der Waals surface area contributed by atoms with Crippen LogP contribution in [0.1, 0.15) is 36.5 Å². The Bertz CT molecular complexity index is 811. The first-order valence-electron chi connectivity index (χ1n) is 11.3. The number of ether oxygens (including phenoxy) is 1. The minimum absolute atomic E-state index is 0.166. The molecule has 0 N–H and O–H groups in total. The highest BCUT2D eigenvalue weighted by Crippen LogP contribution is 2.33. The fourth-order valence-corrected chi connectivity index (χ4v) is 4.87. The van der Waals surface area contributed by atoms with Gasteiger partial charge < -0.3 is 9.64 Å². The van der Waals surface area contributed by atoms with E-state index in [4.69, 9.17) is 4.74 Å². The first-order valence-corrected chi connectivity index (χ1v) is 11.3. The summed E-state index contributed by atoms with van der Waals surface area (Å²) >= 11 is 0. The number of ketones is 1. The molecule has 2 fully saturated rings. The molecular formula is C26H34N2O2. The largest absolute Gasteiger partial charge is 0.378 e. The van der Waals surface area contributed by atoms with Crippen molar-refractivity contribution in [2.75, 3.05) is 39.4 Å². The lowest BCUT2D eigenvalue weighted by molar-refractivity contribution is -0.116. The maximum Gasteiger partial charge on any atom is 0.134 e. The molecule has 2 aromatic carbocycles. The lowest BCUT2D eigenvalue weighted by Crippen LogP contribution is -2.61. The Morgan fingerprint density at radius 3 is 2.33 bits per heavy atom. The molecule has 2 aliphatic heterocycles. The second-order valence-corrected chi connectivity index (χ2v) is 8.97. The molecule has 2 aliphatic rings. The predicted octanol–water partition coefficient (Wildman–Crippen LogP) is 3.73. The number of carbonyl (C=O) groups excluding carboxylic acids is 1. The van der Waals surface area contributed by atoms with Gasteiger partial charge in [0.25, 0.3) is 0 Å². The van der Waals surface area contributed by atoms with Crippen LogP contribution >= 0.6 is 0 Å². The number of carbonyl (C=O) groups is 1. The molecule has 0 atom stereocenters. The molecule has 0 unspecified atom stereocenters. The van der Waals surface area contributed by atoms with E-state index in [1.165, 1.54) is 24.0 Å². The van der Waals surface area contributed by atoms with E-state index in [0.717, 1.165) is 57.9 Å². The number of hydrogen-bond donors (Lipinski definition) is 0. The van der Waals surface area contributed by atoms with Crippen LogP contribution in [-0.4, -0.2) is 60.5 Å². The monoisotopic (exact) mass is 406 g/mol. The lowest BCUT2D eigenvalue weighted by Gasteiger charge is -2.51. The van der Waals surface area contributed by atoms with Crippen molar-refractivity contribution >= 4 is 5.78 Å². The van der Waals surface area contributed by atoms with Crippen molar-refractivity contribution in [1.29, 1.82) is 0 Å². The van der Waals surface area contributed by atoms with E-state index < -0.39 is 0 Å². The Morgan fingerprint density at radius 1 is 0.933 bits per heavy atom. The van der Waals surface area contributed by atoms with Crippen LogP contribution in [-0.2, 0) is 28.9 Å². The van der Waals surface area contributed by atoms with Crippen LogP contribution in [0.3, 0.4) is 0 Å². The van der Waals surface area contributed by atoms with Crippen molar-refractivity contribution in [2.45, 2.75) is 44.7 Å². The maximum absolute atomic E-state index is 11.3. The highest BCUT2D eigenvalue weighted by atomic mass is 16.5. The van der Waals surface area contributed by atoms with Crippen LogP contribution in [0.2, 0.25) is 0 Å². The Morgan fingerprint density at radius 2 is 1.63 bits per heavy atom. The Balaban J connectivity index is 1.33. The van der Waals surface area contributed by atoms with E-state index >= 15 is 0 Å². The summed E-state index contributed by atoms with van der Waals surface area (Å²) in [6.07, 6.45) is 4.00. The zero-order chi connectivity index (χ0) is 20.8. The number of piperidine rings is 1. The number of nitrogens with zero attached hydrogens (tertiary/aromatic N) is 2. The molecule has 0 amide bonds. The molecular weight excluding hydrogens is 372 g/mol. The van der Waals surface area contributed by atoms with Gasteiger partial charge in [-0.25, -0.2) is 0 Å². The third-order valence-electron chi connectivity index (χ3n) is 6.74. The van der Waals surface area contributed by atoms with Gasteiger partial charge in [0.05, 0.1) is 13.2 Å². The highest BCUT2D eigenvalue weighted by molar-refractivity contribution is 5.78. The van der Waals surface area contributed by atoms with Gasteiger partial charge in [0.15, 0.2) is 0 Å². The van der Waals surface area contributed by atoms with Gasteiger partial charge in [-0.15, -0.1) is 0 Å². The fraction of sp³-hybridized carbons (Fsp3) is 0.500. The van der Waals surface area contributed by atoms with E-state index in [1.54, 1.807) is 6.92 Å². The maximum atomic E-state index is 11.3. The van der Waals surface area contributed by atoms with E-state index in [-0.39, 0.29) is 11.3 Å². The van der Waals surface area contributed by atoms with Gasteiger partial charge in [0, 0.05) is 31.6 Å². The van der Waals surface area contributed by atoms with Gasteiger partial charge in [-0.2, -0.15) is 0 Å². The Hall–Kier alpha value is -2.01. The van der Waals surface area contributed by atoms with Crippen molar-refractivity contribution in [1.82, 2.24) is 9.80 Å². The Labute approximate surface area is 180 Å². The third-order valence-corrected chi connectivity index (χ3v) is 6.74. The summed E-state index contributed by atoms with van der Waals surface area (Å²) in [5.41, 5.74) is 4.03. The SMILES string of the molecule is CC(=O)Cc1ccc(CN2CCOCC23CCN(CCc2ccccc2)CC3)cc1. The lowest BCUT2D eigenvalue weighted by atomic mass is 9.84. The predicted molar refractivity (Wildman–Crippen MR) is 121 cm³/mol. The molecule has 0 aromatic heterocycles. The molecule has 0 bridgehead atoms. The van der Waals surface area contributed by atoms with Crippen molar-refractivity contribution in [3.63, 3.8) is 0 Å². The molecule has 0 aliphatic carbocycles. The molecule has 4 heteroatoms. The number of Topliss-reactive ketones (excluding diaryl/α,β-unsaturated/α-hetero) is 1. The summed E-state index contributed by atoms with van der Waals surface area (Å²) in [5, 5.41) is 0. The summed E-state index contributed by atoms with van der Waals surface area (Å²) in [5.74, 6) is 0.217. The van der Waals surface area contributed by atoms with Crippen LogP contribution in [0.4, 0.5) is 0 Å². The van der Waals surface area contributed by atoms with Crippen LogP contribution in [0.25, 0.3) is 0 Å². The fourth-order valence-electron chi connectivity index (χ4n) is 4.87. The zero-order valence-electron chi connectivity index (χ0n) is 18.2. The minimum Gasteiger partial charge on any atom is -0.378 e. The van der Waals surface area contributed by atoms with Crippen LogP contribution < -0.4 is 0 Å². The topological polar surface area (TPSA) is 32.8 Å². The summed E-state index contributed by atoms with van der Waals surface area (Å²) in [6, 6.07) is 19.4. The summed E-state index contributed by atoms with van der Waals surface area (Å²) in [7, 11) is 0. The van der Waals surface area contributed by atoms with E-state index in [1.807, 2.05) is 0 Å². The highest BCUT2D eigenvalue weighted by Gasteiger charge is 2.41. The number of morpholine rings is 1. The van der Waals surface area contributed by atoms with Gasteiger partial charge in [0.1, 0.15) is 5.78 Å². The second kappa shape index (κ2) is 9.86. The van der Waals surface area contributed by atoms with E-state index in [2.05, 4.69) is 64.4 Å². The molecule has 4 nitrogen and oxygen atoms in total. The number of likely N-dealkylation sites (tertiary alicyclic amines) is 1. The van der Waals surface area contributed by atoms with Crippen molar-refractivity contribution in [3.8, 4) is 0 Å². The first kappa shape index (κ1) is 21.2. The molecule has 160 valence electrons. The number of benzene rings is 2. The standard InChI is InChI=1S/C26H34N2O2/c1-22(29)19-24-7-9-25(10-8-24)20-28-17-18-30-21-26(28)12-15-27(16-13-26)14-11-23-5-3-2-4-6-23/h2-10H,11-21H2,1H3. The second-order valence-electron chi connectivity index (χ2n) is 8.97. The van der Waals surface area contributed by atoms with Crippen LogP contribution in [0.15, 0.2) is 54.6 Å². The van der Waals surface area contributed by atoms with Gasteiger partial charge in [-0.05, 0) is 56.0 Å². The van der Waals surface area contributed by atoms with Gasteiger partial charge in [0.2, 0.25) is 0 Å². The average molecular weight is 407 g/mol. The van der Waals surface area contributed by atoms with E-state index in [0.29, 0.717) is 6.42 Å². The van der Waals surface area contributed by atoms with E-state index in [9.17, 15) is 4.79 Å². The normalized spacial score (nSPS) is 19.8. The number of hydrogen-bond acceptors (Lipinski definition) is 4. The first-order chi connectivity index (χ1) is 14.6. The molecule has 4 rings (SSSR count). The van der Waals surface area contributed by atoms with Crippen molar-refractivity contribution < 1.29 is 9.53 Å². The van der Waals surface area contributed by atoms with Crippen LogP contribution in [0.5, 0.6) is 0 Å².